The number of nitrogens with zero attached hydrogens (tertiary/aromatic N) is 3. The number of hydrogen-bond donors (Lipinski definition) is 0. The van der Waals surface area contributed by atoms with Gasteiger partial charge in [-0.3, -0.25) is 0 Å². The number of rotatable bonds is 3. The van der Waals surface area contributed by atoms with E-state index in [4.69, 9.17) is 0 Å². The normalized spacial score (nSPS) is 21.0. The summed E-state index contributed by atoms with van der Waals surface area (Å²) in [6.45, 7) is 2.11. The molecule has 1 aromatic carbocycles. The minimum Gasteiger partial charge on any atom is -0.192 e. The van der Waals surface area contributed by atoms with Crippen LogP contribution in [0.2, 0.25) is 0 Å². The molecule has 1 aliphatic rings. The van der Waals surface area contributed by atoms with Gasteiger partial charge in [0.05, 0.1) is 4.90 Å². The van der Waals surface area contributed by atoms with Crippen molar-refractivity contribution in [2.24, 2.45) is 10.3 Å². The number of hydrogen-bond acceptors (Lipinski definition) is 6. The molecule has 140 valence electrons. The first-order valence-electron chi connectivity index (χ1n) is 6.59. The largest absolute Gasteiger partial charge is 0.427 e. The maximum atomic E-state index is 13.3. The zero-order valence-electron chi connectivity index (χ0n) is 12.6. The number of benzene rings is 1. The Morgan fingerprint density at radius 1 is 1.08 bits per heavy atom. The zero-order valence-corrected chi connectivity index (χ0v) is 13.4. The van der Waals surface area contributed by atoms with Crippen molar-refractivity contribution in [1.82, 2.24) is 5.17 Å². The molecule has 6 nitrogen and oxygen atoms in total. The van der Waals surface area contributed by atoms with Crippen LogP contribution in [0.4, 0.5) is 26.3 Å². The Labute approximate surface area is 138 Å². The summed E-state index contributed by atoms with van der Waals surface area (Å²) < 4.78 is 108. The van der Waals surface area contributed by atoms with Crippen molar-refractivity contribution in [3.63, 3.8) is 0 Å². The van der Waals surface area contributed by atoms with Gasteiger partial charge >= 0.3 is 28.0 Å². The van der Waals surface area contributed by atoms with Gasteiger partial charge in [-0.1, -0.05) is 17.7 Å². The highest BCUT2D eigenvalue weighted by molar-refractivity contribution is 7.86. The fourth-order valence-electron chi connectivity index (χ4n) is 2.20. The molecule has 0 radical (unpaired) electrons. The van der Waals surface area contributed by atoms with Crippen LogP contribution in [-0.4, -0.2) is 37.5 Å². The van der Waals surface area contributed by atoms with E-state index in [0.717, 1.165) is 12.1 Å². The second kappa shape index (κ2) is 5.83. The number of halogens is 6. The summed E-state index contributed by atoms with van der Waals surface area (Å²) in [6, 6.07) is 2.07. The van der Waals surface area contributed by atoms with Crippen LogP contribution >= 0.6 is 0 Å². The van der Waals surface area contributed by atoms with Crippen LogP contribution in [0.1, 0.15) is 12.5 Å². The second-order valence-electron chi connectivity index (χ2n) is 5.26. The molecular formula is C12H11F6N3O3S. The van der Waals surface area contributed by atoms with Crippen LogP contribution in [0.5, 0.6) is 0 Å². The Bertz CT molecular complexity index is 759. The molecule has 13 heteroatoms. The van der Waals surface area contributed by atoms with Crippen molar-refractivity contribution in [2.45, 2.75) is 42.7 Å². The lowest BCUT2D eigenvalue weighted by atomic mass is 9.91. The lowest BCUT2D eigenvalue weighted by molar-refractivity contribution is -0.377. The van der Waals surface area contributed by atoms with E-state index in [0.29, 0.717) is 12.5 Å². The van der Waals surface area contributed by atoms with Crippen LogP contribution in [0.25, 0.3) is 0 Å². The van der Waals surface area contributed by atoms with E-state index in [2.05, 4.69) is 14.6 Å². The van der Waals surface area contributed by atoms with Gasteiger partial charge in [-0.2, -0.15) is 39.9 Å². The predicted octanol–water partition coefficient (Wildman–Crippen LogP) is 3.55. The molecular weight excluding hydrogens is 380 g/mol. The standard InChI is InChI=1S/C12H11F6N3O3S/c1-7-3-5-9(6-4-7)25(22,23)24-21-10(11(13,14)15,12(16,17)18)8(2)19-20-21/h3-6,8H,1-2H3. The van der Waals surface area contributed by atoms with Crippen molar-refractivity contribution in [1.29, 1.82) is 0 Å². The molecule has 1 atom stereocenters. The molecule has 0 fully saturated rings. The van der Waals surface area contributed by atoms with E-state index in [1.807, 2.05) is 0 Å². The molecule has 1 aliphatic heterocycles. The van der Waals surface area contributed by atoms with Gasteiger partial charge in [0.15, 0.2) is 0 Å². The third-order valence-corrected chi connectivity index (χ3v) is 4.74. The summed E-state index contributed by atoms with van der Waals surface area (Å²) in [5, 5.41) is 4.43. The smallest absolute Gasteiger partial charge is 0.192 e. The molecule has 0 N–H and O–H groups in total. The van der Waals surface area contributed by atoms with E-state index >= 15 is 0 Å². The Hall–Kier alpha value is -1.89. The third kappa shape index (κ3) is 3.05. The fraction of sp³-hybridized carbons (Fsp3) is 0.500. The van der Waals surface area contributed by atoms with Gasteiger partial charge < -0.3 is 0 Å². The molecule has 25 heavy (non-hydrogen) atoms. The molecule has 2 rings (SSSR count). The van der Waals surface area contributed by atoms with Crippen LogP contribution in [0, 0.1) is 6.92 Å². The highest BCUT2D eigenvalue weighted by Crippen LogP contribution is 2.53. The molecule has 0 saturated carbocycles. The van der Waals surface area contributed by atoms with Gasteiger partial charge in [0.2, 0.25) is 0 Å². The van der Waals surface area contributed by atoms with Crippen molar-refractivity contribution in [2.75, 3.05) is 0 Å². The quantitative estimate of drug-likeness (QED) is 0.739. The first-order valence-corrected chi connectivity index (χ1v) is 8.00. The molecule has 0 amide bonds. The number of hydroxylamine groups is 1. The Morgan fingerprint density at radius 3 is 2.00 bits per heavy atom. The van der Waals surface area contributed by atoms with Crippen molar-refractivity contribution in [3.05, 3.63) is 29.8 Å². The summed E-state index contributed by atoms with van der Waals surface area (Å²) in [6.07, 6.45) is -11.9. The first kappa shape index (κ1) is 19.4. The molecule has 0 aliphatic carbocycles. The van der Waals surface area contributed by atoms with Crippen LogP contribution in [0.15, 0.2) is 39.5 Å². The summed E-state index contributed by atoms with van der Waals surface area (Å²) in [7, 11) is -5.00. The molecule has 1 unspecified atom stereocenters. The SMILES string of the molecule is Cc1ccc(S(=O)(=O)ON2N=NC(C)C2(C(F)(F)F)C(F)(F)F)cc1. The van der Waals surface area contributed by atoms with Gasteiger partial charge in [-0.05, 0) is 31.2 Å². The van der Waals surface area contributed by atoms with Crippen LogP contribution < -0.4 is 0 Å². The maximum Gasteiger partial charge on any atom is 0.427 e. The van der Waals surface area contributed by atoms with E-state index in [9.17, 15) is 34.8 Å². The average molecular weight is 391 g/mol. The van der Waals surface area contributed by atoms with Crippen LogP contribution in [-0.2, 0) is 14.4 Å². The summed E-state index contributed by atoms with van der Waals surface area (Å²) >= 11 is 0. The van der Waals surface area contributed by atoms with Gasteiger partial charge in [0.25, 0.3) is 0 Å². The maximum absolute atomic E-state index is 13.3. The summed E-state index contributed by atoms with van der Waals surface area (Å²) in [5.74, 6) is 0. The lowest BCUT2D eigenvalue weighted by Crippen LogP contribution is -2.69. The lowest BCUT2D eigenvalue weighted by Gasteiger charge is -2.38. The molecule has 0 spiro atoms. The molecule has 1 heterocycles. The predicted molar refractivity (Wildman–Crippen MR) is 70.4 cm³/mol. The minimum absolute atomic E-state index is 0.506. The first-order chi connectivity index (χ1) is 11.2. The van der Waals surface area contributed by atoms with Crippen molar-refractivity contribution in [3.8, 4) is 0 Å². The highest BCUT2D eigenvalue weighted by Gasteiger charge is 2.81. The van der Waals surface area contributed by atoms with Crippen molar-refractivity contribution < 1.29 is 39.0 Å². The summed E-state index contributed by atoms with van der Waals surface area (Å²) in [4.78, 5) is -0.633. The Morgan fingerprint density at radius 2 is 1.56 bits per heavy atom. The van der Waals surface area contributed by atoms with Gasteiger partial charge in [0.1, 0.15) is 6.04 Å². The Balaban J connectivity index is 2.50. The monoisotopic (exact) mass is 391 g/mol. The zero-order chi connectivity index (χ0) is 19.3. The van der Waals surface area contributed by atoms with E-state index in [1.165, 1.54) is 12.1 Å². The van der Waals surface area contributed by atoms with E-state index in [1.54, 1.807) is 6.92 Å². The molecule has 0 aromatic heterocycles. The number of alkyl halides is 6. The molecule has 0 saturated heterocycles. The average Bonchev–Trinajstić information content (AvgIpc) is 2.75. The Kier molecular flexibility index (Phi) is 4.53. The minimum atomic E-state index is -5.96. The fourth-order valence-corrected chi connectivity index (χ4v) is 3.09. The topological polar surface area (TPSA) is 71.3 Å². The molecule has 0 bridgehead atoms. The number of aryl methyl sites for hydroxylation is 1. The molecule has 1 aromatic rings. The van der Waals surface area contributed by atoms with Gasteiger partial charge in [-0.15, -0.1) is 9.46 Å². The van der Waals surface area contributed by atoms with E-state index < -0.39 is 44.1 Å². The van der Waals surface area contributed by atoms with Crippen molar-refractivity contribution >= 4 is 10.1 Å². The second-order valence-corrected chi connectivity index (χ2v) is 6.79. The van der Waals surface area contributed by atoms with E-state index in [-0.39, 0.29) is 0 Å². The van der Waals surface area contributed by atoms with Gasteiger partial charge in [-0.25, -0.2) is 0 Å². The van der Waals surface area contributed by atoms with Crippen LogP contribution in [0.3, 0.4) is 0 Å². The van der Waals surface area contributed by atoms with Gasteiger partial charge in [0, 0.05) is 0 Å². The highest BCUT2D eigenvalue weighted by atomic mass is 32.2. The third-order valence-electron chi connectivity index (χ3n) is 3.56. The summed E-state index contributed by atoms with van der Waals surface area (Å²) in [5.41, 5.74) is -4.11.